The number of ether oxygens (including phenoxy) is 1. The lowest BCUT2D eigenvalue weighted by Crippen LogP contribution is -2.43. The van der Waals surface area contributed by atoms with Crippen LogP contribution in [-0.2, 0) is 0 Å². The van der Waals surface area contributed by atoms with Crippen LogP contribution >= 0.6 is 0 Å². The maximum absolute atomic E-state index is 12.5. The standard InChI is InChI=1S/C19H20N4O3/c1-13-11-14-12-15(3-4-17(14)25-13)22-19(24)23-9-5-16(6-10-23)26-18-20-7-2-8-21-18/h2-4,7-8,11-12,16H,5-6,9-10H2,1H3,(H,22,24). The fourth-order valence-electron chi connectivity index (χ4n) is 3.13. The molecule has 0 spiro atoms. The maximum atomic E-state index is 12.5. The molecular weight excluding hydrogens is 332 g/mol. The van der Waals surface area contributed by atoms with Crippen molar-refractivity contribution in [1.82, 2.24) is 14.9 Å². The molecule has 1 aromatic carbocycles. The molecule has 0 bridgehead atoms. The van der Waals surface area contributed by atoms with E-state index in [0.717, 1.165) is 35.3 Å². The van der Waals surface area contributed by atoms with Crippen LogP contribution < -0.4 is 10.1 Å². The molecule has 3 heterocycles. The summed E-state index contributed by atoms with van der Waals surface area (Å²) in [6.07, 6.45) is 4.86. The summed E-state index contributed by atoms with van der Waals surface area (Å²) >= 11 is 0. The van der Waals surface area contributed by atoms with Crippen LogP contribution in [0, 0.1) is 6.92 Å². The van der Waals surface area contributed by atoms with Gasteiger partial charge in [0, 0.05) is 49.4 Å². The van der Waals surface area contributed by atoms with Crippen LogP contribution in [0.1, 0.15) is 18.6 Å². The molecule has 0 atom stereocenters. The first-order chi connectivity index (χ1) is 12.7. The molecule has 2 aromatic heterocycles. The highest BCUT2D eigenvalue weighted by Gasteiger charge is 2.24. The van der Waals surface area contributed by atoms with Crippen LogP contribution in [-0.4, -0.2) is 40.1 Å². The van der Waals surface area contributed by atoms with Gasteiger partial charge in [-0.3, -0.25) is 0 Å². The minimum absolute atomic E-state index is 0.0340. The number of aryl methyl sites for hydroxylation is 1. The van der Waals surface area contributed by atoms with Crippen molar-refractivity contribution in [2.75, 3.05) is 18.4 Å². The zero-order valence-corrected chi connectivity index (χ0v) is 14.5. The summed E-state index contributed by atoms with van der Waals surface area (Å²) in [6.45, 7) is 3.18. The Bertz CT molecular complexity index is 902. The van der Waals surface area contributed by atoms with Gasteiger partial charge >= 0.3 is 12.0 Å². The van der Waals surface area contributed by atoms with Crippen LogP contribution in [0.25, 0.3) is 11.0 Å². The summed E-state index contributed by atoms with van der Waals surface area (Å²) in [5.74, 6) is 0.855. The largest absolute Gasteiger partial charge is 0.461 e. The van der Waals surface area contributed by atoms with Gasteiger partial charge in [0.1, 0.15) is 17.4 Å². The highest BCUT2D eigenvalue weighted by Crippen LogP contribution is 2.23. The van der Waals surface area contributed by atoms with Crippen molar-refractivity contribution in [3.05, 3.63) is 48.5 Å². The molecule has 1 aliphatic heterocycles. The van der Waals surface area contributed by atoms with Crippen LogP contribution in [0.3, 0.4) is 0 Å². The SMILES string of the molecule is Cc1cc2cc(NC(=O)N3CCC(Oc4ncccn4)CC3)ccc2o1. The second kappa shape index (κ2) is 7.03. The van der Waals surface area contributed by atoms with E-state index in [2.05, 4.69) is 15.3 Å². The number of urea groups is 1. The Morgan fingerprint density at radius 1 is 1.23 bits per heavy atom. The fourth-order valence-corrected chi connectivity index (χ4v) is 3.13. The number of aromatic nitrogens is 2. The van der Waals surface area contributed by atoms with Gasteiger partial charge in [-0.05, 0) is 37.3 Å². The molecule has 26 heavy (non-hydrogen) atoms. The third-order valence-electron chi connectivity index (χ3n) is 4.43. The summed E-state index contributed by atoms with van der Waals surface area (Å²) in [5, 5.41) is 3.94. The number of likely N-dealkylation sites (tertiary alicyclic amines) is 1. The predicted molar refractivity (Wildman–Crippen MR) is 97.2 cm³/mol. The molecule has 1 N–H and O–H groups in total. The number of anilines is 1. The number of carbonyl (C=O) groups excluding carboxylic acids is 1. The number of benzene rings is 1. The van der Waals surface area contributed by atoms with Crippen molar-refractivity contribution in [2.24, 2.45) is 0 Å². The van der Waals surface area contributed by atoms with Gasteiger partial charge in [0.25, 0.3) is 0 Å². The lowest BCUT2D eigenvalue weighted by molar-refractivity contribution is 0.107. The molecule has 1 saturated heterocycles. The Morgan fingerprint density at radius 3 is 2.77 bits per heavy atom. The Kier molecular flexibility index (Phi) is 4.43. The van der Waals surface area contributed by atoms with Crippen molar-refractivity contribution >= 4 is 22.7 Å². The number of fused-ring (bicyclic) bond motifs is 1. The van der Waals surface area contributed by atoms with Gasteiger partial charge in [-0.15, -0.1) is 0 Å². The smallest absolute Gasteiger partial charge is 0.321 e. The van der Waals surface area contributed by atoms with Crippen LogP contribution in [0.15, 0.2) is 47.1 Å². The average molecular weight is 352 g/mol. The number of furan rings is 1. The van der Waals surface area contributed by atoms with E-state index in [1.165, 1.54) is 0 Å². The third kappa shape index (κ3) is 3.61. The number of nitrogens with one attached hydrogen (secondary N) is 1. The normalized spacial score (nSPS) is 15.2. The van der Waals surface area contributed by atoms with Crippen LogP contribution in [0.5, 0.6) is 6.01 Å². The summed E-state index contributed by atoms with van der Waals surface area (Å²) in [7, 11) is 0. The quantitative estimate of drug-likeness (QED) is 0.779. The highest BCUT2D eigenvalue weighted by atomic mass is 16.5. The maximum Gasteiger partial charge on any atom is 0.321 e. The van der Waals surface area contributed by atoms with Gasteiger partial charge in [-0.1, -0.05) is 0 Å². The number of piperidine rings is 1. The third-order valence-corrected chi connectivity index (χ3v) is 4.43. The predicted octanol–water partition coefficient (Wildman–Crippen LogP) is 3.61. The van der Waals surface area contributed by atoms with E-state index >= 15 is 0 Å². The molecule has 1 fully saturated rings. The van der Waals surface area contributed by atoms with Gasteiger partial charge < -0.3 is 19.4 Å². The van der Waals surface area contributed by atoms with Crippen molar-refractivity contribution in [3.63, 3.8) is 0 Å². The summed E-state index contributed by atoms with van der Waals surface area (Å²) in [4.78, 5) is 22.5. The van der Waals surface area contributed by atoms with Crippen molar-refractivity contribution in [1.29, 1.82) is 0 Å². The lowest BCUT2D eigenvalue weighted by atomic mass is 10.1. The molecule has 4 rings (SSSR count). The fraction of sp³-hybridized carbons (Fsp3) is 0.316. The minimum Gasteiger partial charge on any atom is -0.461 e. The molecule has 3 aromatic rings. The van der Waals surface area contributed by atoms with E-state index in [0.29, 0.717) is 19.1 Å². The zero-order chi connectivity index (χ0) is 17.9. The van der Waals surface area contributed by atoms with Crippen LogP contribution in [0.4, 0.5) is 10.5 Å². The van der Waals surface area contributed by atoms with Crippen LogP contribution in [0.2, 0.25) is 0 Å². The second-order valence-electron chi connectivity index (χ2n) is 6.38. The van der Waals surface area contributed by atoms with E-state index in [1.54, 1.807) is 23.4 Å². The summed E-state index contributed by atoms with van der Waals surface area (Å²) in [6, 6.07) is 9.65. The Morgan fingerprint density at radius 2 is 2.00 bits per heavy atom. The second-order valence-corrected chi connectivity index (χ2v) is 6.38. The highest BCUT2D eigenvalue weighted by molar-refractivity contribution is 5.92. The number of amides is 2. The molecule has 0 aliphatic carbocycles. The van der Waals surface area contributed by atoms with Gasteiger partial charge in [0.2, 0.25) is 0 Å². The van der Waals surface area contributed by atoms with Crippen molar-refractivity contribution in [3.8, 4) is 6.01 Å². The number of rotatable bonds is 3. The summed E-state index contributed by atoms with van der Waals surface area (Å²) in [5.41, 5.74) is 1.58. The number of hydrogen-bond donors (Lipinski definition) is 1. The van der Waals surface area contributed by atoms with Crippen molar-refractivity contribution in [2.45, 2.75) is 25.9 Å². The Labute approximate surface area is 151 Å². The number of nitrogens with zero attached hydrogens (tertiary/aromatic N) is 3. The van der Waals surface area contributed by atoms with E-state index in [1.807, 2.05) is 31.2 Å². The first kappa shape index (κ1) is 16.4. The first-order valence-electron chi connectivity index (χ1n) is 8.67. The first-order valence-corrected chi connectivity index (χ1v) is 8.67. The Hall–Kier alpha value is -3.09. The Balaban J connectivity index is 1.32. The van der Waals surface area contributed by atoms with E-state index < -0.39 is 0 Å². The van der Waals surface area contributed by atoms with Gasteiger partial charge in [-0.25, -0.2) is 14.8 Å². The zero-order valence-electron chi connectivity index (χ0n) is 14.5. The molecule has 7 nitrogen and oxygen atoms in total. The molecular formula is C19H20N4O3. The lowest BCUT2D eigenvalue weighted by Gasteiger charge is -2.31. The molecule has 134 valence electrons. The topological polar surface area (TPSA) is 80.5 Å². The number of hydrogen-bond acceptors (Lipinski definition) is 5. The van der Waals surface area contributed by atoms with E-state index in [4.69, 9.17) is 9.15 Å². The van der Waals surface area contributed by atoms with Crippen molar-refractivity contribution < 1.29 is 13.9 Å². The minimum atomic E-state index is -0.0982. The summed E-state index contributed by atoms with van der Waals surface area (Å²) < 4.78 is 11.3. The molecule has 1 aliphatic rings. The molecule has 0 unspecified atom stereocenters. The van der Waals surface area contributed by atoms with E-state index in [-0.39, 0.29) is 12.1 Å². The van der Waals surface area contributed by atoms with Gasteiger partial charge in [-0.2, -0.15) is 0 Å². The van der Waals surface area contributed by atoms with E-state index in [9.17, 15) is 4.79 Å². The van der Waals surface area contributed by atoms with Gasteiger partial charge in [0.05, 0.1) is 0 Å². The molecule has 0 radical (unpaired) electrons. The average Bonchev–Trinajstić information content (AvgIpc) is 3.02. The molecule has 0 saturated carbocycles. The molecule has 2 amide bonds. The monoisotopic (exact) mass is 352 g/mol. The molecule has 7 heteroatoms. The number of carbonyl (C=O) groups is 1. The van der Waals surface area contributed by atoms with Gasteiger partial charge in [0.15, 0.2) is 0 Å².